The van der Waals surface area contributed by atoms with Crippen molar-refractivity contribution in [3.8, 4) is 0 Å². The van der Waals surface area contributed by atoms with E-state index in [4.69, 9.17) is 4.74 Å². The molecule has 0 aromatic heterocycles. The first-order valence-electron chi connectivity index (χ1n) is 14.0. The summed E-state index contributed by atoms with van der Waals surface area (Å²) in [6, 6.07) is 0.329. The van der Waals surface area contributed by atoms with E-state index in [1.54, 1.807) is 0 Å². The standard InChI is InChI=1S/C27H53N3O2/c1-5-9-12-23(13-10-6-2)22-30-16-14-29(15-17-30)18-19-32-26-20-25(21-26)28-27(31)24(8-4)11-7-3/h23-26H,5-22H2,1-4H3,(H,28,31). The Kier molecular flexibility index (Phi) is 13.8. The van der Waals surface area contributed by atoms with Crippen molar-refractivity contribution in [2.24, 2.45) is 11.8 Å². The third kappa shape index (κ3) is 10.1. The van der Waals surface area contributed by atoms with E-state index < -0.39 is 0 Å². The van der Waals surface area contributed by atoms with E-state index in [0.29, 0.717) is 12.1 Å². The number of rotatable bonds is 17. The van der Waals surface area contributed by atoms with E-state index >= 15 is 0 Å². The van der Waals surface area contributed by atoms with Crippen molar-refractivity contribution in [1.29, 1.82) is 0 Å². The zero-order valence-corrected chi connectivity index (χ0v) is 21.7. The van der Waals surface area contributed by atoms with Gasteiger partial charge in [-0.05, 0) is 44.4 Å². The molecule has 0 spiro atoms. The van der Waals surface area contributed by atoms with Crippen LogP contribution < -0.4 is 5.32 Å². The summed E-state index contributed by atoms with van der Waals surface area (Å²) in [5, 5.41) is 3.23. The molecule has 5 nitrogen and oxygen atoms in total. The van der Waals surface area contributed by atoms with Gasteiger partial charge in [-0.25, -0.2) is 0 Å². The van der Waals surface area contributed by atoms with Gasteiger partial charge in [0.15, 0.2) is 0 Å². The normalized spacial score (nSPS) is 23.3. The Labute approximate surface area is 199 Å². The highest BCUT2D eigenvalue weighted by atomic mass is 16.5. The molecule has 0 aromatic rings. The van der Waals surface area contributed by atoms with Gasteiger partial charge in [-0.1, -0.05) is 59.8 Å². The monoisotopic (exact) mass is 451 g/mol. The number of amides is 1. The van der Waals surface area contributed by atoms with Crippen LogP contribution in [0.25, 0.3) is 0 Å². The van der Waals surface area contributed by atoms with Crippen molar-refractivity contribution in [2.75, 3.05) is 45.9 Å². The van der Waals surface area contributed by atoms with Crippen LogP contribution in [0.5, 0.6) is 0 Å². The van der Waals surface area contributed by atoms with E-state index in [-0.39, 0.29) is 11.8 Å². The van der Waals surface area contributed by atoms with Crippen molar-refractivity contribution in [3.05, 3.63) is 0 Å². The average Bonchev–Trinajstić information content (AvgIpc) is 2.78. The molecule has 1 saturated carbocycles. The topological polar surface area (TPSA) is 44.8 Å². The van der Waals surface area contributed by atoms with Gasteiger partial charge in [-0.2, -0.15) is 0 Å². The second kappa shape index (κ2) is 16.1. The summed E-state index contributed by atoms with van der Waals surface area (Å²) in [5.74, 6) is 1.33. The van der Waals surface area contributed by atoms with Crippen LogP contribution in [0.3, 0.4) is 0 Å². The van der Waals surface area contributed by atoms with Gasteiger partial charge < -0.3 is 15.0 Å². The molecule has 1 saturated heterocycles. The molecule has 1 atom stereocenters. The van der Waals surface area contributed by atoms with E-state index in [0.717, 1.165) is 51.2 Å². The highest BCUT2D eigenvalue weighted by Crippen LogP contribution is 2.24. The molecule has 2 rings (SSSR count). The van der Waals surface area contributed by atoms with Gasteiger partial charge >= 0.3 is 0 Å². The van der Waals surface area contributed by atoms with Crippen molar-refractivity contribution >= 4 is 5.91 Å². The fraction of sp³-hybridized carbons (Fsp3) is 0.963. The highest BCUT2D eigenvalue weighted by Gasteiger charge is 2.32. The van der Waals surface area contributed by atoms with Gasteiger partial charge in [0.1, 0.15) is 0 Å². The van der Waals surface area contributed by atoms with Gasteiger partial charge in [-0.15, -0.1) is 0 Å². The summed E-state index contributed by atoms with van der Waals surface area (Å²) in [4.78, 5) is 17.6. The number of piperazine rings is 1. The predicted octanol–water partition coefficient (Wildman–Crippen LogP) is 5.09. The number of hydrogen-bond donors (Lipinski definition) is 1. The molecule has 0 aromatic carbocycles. The number of nitrogens with zero attached hydrogens (tertiary/aromatic N) is 2. The first-order valence-corrected chi connectivity index (χ1v) is 14.0. The Morgan fingerprint density at radius 1 is 0.906 bits per heavy atom. The number of carbonyl (C=O) groups is 1. The summed E-state index contributed by atoms with van der Waals surface area (Å²) >= 11 is 0. The van der Waals surface area contributed by atoms with E-state index in [1.807, 2.05) is 0 Å². The SMILES string of the molecule is CCCCC(CCCC)CN1CCN(CCOC2CC(NC(=O)C(CC)CCC)C2)CC1. The lowest BCUT2D eigenvalue weighted by Crippen LogP contribution is -2.51. The molecule has 188 valence electrons. The van der Waals surface area contributed by atoms with Crippen molar-refractivity contribution in [3.63, 3.8) is 0 Å². The molecule has 32 heavy (non-hydrogen) atoms. The van der Waals surface area contributed by atoms with Crippen LogP contribution in [0, 0.1) is 11.8 Å². The largest absolute Gasteiger partial charge is 0.377 e. The van der Waals surface area contributed by atoms with Crippen LogP contribution in [0.4, 0.5) is 0 Å². The van der Waals surface area contributed by atoms with Crippen LogP contribution in [-0.4, -0.2) is 73.7 Å². The molecule has 2 aliphatic rings. The zero-order valence-electron chi connectivity index (χ0n) is 21.7. The second-order valence-electron chi connectivity index (χ2n) is 10.4. The van der Waals surface area contributed by atoms with E-state index in [1.165, 1.54) is 71.2 Å². The summed E-state index contributed by atoms with van der Waals surface area (Å²) in [5.41, 5.74) is 0. The van der Waals surface area contributed by atoms with Crippen molar-refractivity contribution in [2.45, 2.75) is 110 Å². The van der Waals surface area contributed by atoms with E-state index in [9.17, 15) is 4.79 Å². The quantitative estimate of drug-likeness (QED) is 0.334. The van der Waals surface area contributed by atoms with Crippen LogP contribution in [0.2, 0.25) is 0 Å². The molecule has 1 aliphatic carbocycles. The number of nitrogens with one attached hydrogen (secondary N) is 1. The molecule has 1 heterocycles. The Morgan fingerprint density at radius 2 is 1.53 bits per heavy atom. The Hall–Kier alpha value is -0.650. The number of ether oxygens (including phenoxy) is 1. The van der Waals surface area contributed by atoms with Crippen LogP contribution in [0.15, 0.2) is 0 Å². The van der Waals surface area contributed by atoms with Gasteiger partial charge in [0.2, 0.25) is 5.91 Å². The molecule has 5 heteroatoms. The molecular formula is C27H53N3O2. The van der Waals surface area contributed by atoms with Gasteiger partial charge in [0.25, 0.3) is 0 Å². The first-order chi connectivity index (χ1) is 15.6. The Morgan fingerprint density at radius 3 is 2.09 bits per heavy atom. The van der Waals surface area contributed by atoms with Crippen LogP contribution in [-0.2, 0) is 9.53 Å². The van der Waals surface area contributed by atoms with Gasteiger partial charge in [0.05, 0.1) is 12.7 Å². The van der Waals surface area contributed by atoms with E-state index in [2.05, 4.69) is 42.8 Å². The Balaban J connectivity index is 1.53. The third-order valence-corrected chi connectivity index (χ3v) is 7.62. The summed E-state index contributed by atoms with van der Waals surface area (Å²) in [6.07, 6.45) is 13.6. The molecule has 0 bridgehead atoms. The third-order valence-electron chi connectivity index (χ3n) is 7.62. The lowest BCUT2D eigenvalue weighted by atomic mass is 9.88. The fourth-order valence-corrected chi connectivity index (χ4v) is 5.23. The summed E-state index contributed by atoms with van der Waals surface area (Å²) in [7, 11) is 0. The minimum absolute atomic E-state index is 0.187. The maximum atomic E-state index is 12.3. The maximum absolute atomic E-state index is 12.3. The number of carbonyl (C=O) groups excluding carboxylic acids is 1. The second-order valence-corrected chi connectivity index (χ2v) is 10.4. The summed E-state index contributed by atoms with van der Waals surface area (Å²) < 4.78 is 6.10. The van der Waals surface area contributed by atoms with Crippen LogP contribution in [0.1, 0.15) is 98.3 Å². The fourth-order valence-electron chi connectivity index (χ4n) is 5.23. The van der Waals surface area contributed by atoms with Gasteiger partial charge in [0, 0.05) is 51.2 Å². The molecule has 0 radical (unpaired) electrons. The molecule has 2 fully saturated rings. The Bertz CT molecular complexity index is 479. The number of hydrogen-bond acceptors (Lipinski definition) is 4. The minimum atomic E-state index is 0.187. The van der Waals surface area contributed by atoms with Crippen molar-refractivity contribution < 1.29 is 9.53 Å². The van der Waals surface area contributed by atoms with Crippen molar-refractivity contribution in [1.82, 2.24) is 15.1 Å². The maximum Gasteiger partial charge on any atom is 0.223 e. The lowest BCUT2D eigenvalue weighted by Gasteiger charge is -2.38. The molecule has 1 amide bonds. The smallest absolute Gasteiger partial charge is 0.223 e. The van der Waals surface area contributed by atoms with Gasteiger partial charge in [-0.3, -0.25) is 9.69 Å². The molecule has 1 N–H and O–H groups in total. The highest BCUT2D eigenvalue weighted by molar-refractivity contribution is 5.79. The average molecular weight is 452 g/mol. The zero-order chi connectivity index (χ0) is 23.2. The molecular weight excluding hydrogens is 398 g/mol. The number of unbranched alkanes of at least 4 members (excludes halogenated alkanes) is 2. The first kappa shape index (κ1) is 27.6. The predicted molar refractivity (Wildman–Crippen MR) is 135 cm³/mol. The summed E-state index contributed by atoms with van der Waals surface area (Å²) in [6.45, 7) is 16.8. The lowest BCUT2D eigenvalue weighted by molar-refractivity contribution is -0.128. The van der Waals surface area contributed by atoms with Crippen LogP contribution >= 0.6 is 0 Å². The molecule has 1 aliphatic heterocycles. The molecule has 1 unspecified atom stereocenters. The minimum Gasteiger partial charge on any atom is -0.377 e.